The summed E-state index contributed by atoms with van der Waals surface area (Å²) >= 11 is 0. The maximum atomic E-state index is 5.71. The summed E-state index contributed by atoms with van der Waals surface area (Å²) in [6, 6.07) is 2.05. The van der Waals surface area contributed by atoms with Gasteiger partial charge < -0.3 is 16.0 Å². The van der Waals surface area contributed by atoms with Crippen LogP contribution in [-0.2, 0) is 0 Å². The maximum absolute atomic E-state index is 5.71. The molecule has 17 heavy (non-hydrogen) atoms. The maximum Gasteiger partial charge on any atom is 0.227 e. The molecule has 0 saturated heterocycles. The fourth-order valence-corrected chi connectivity index (χ4v) is 1.56. The molecule has 0 fully saturated rings. The van der Waals surface area contributed by atoms with E-state index in [1.54, 1.807) is 0 Å². The van der Waals surface area contributed by atoms with Gasteiger partial charge in [-0.15, -0.1) is 0 Å². The van der Waals surface area contributed by atoms with Crippen LogP contribution in [0.15, 0.2) is 6.07 Å². The smallest absolute Gasteiger partial charge is 0.227 e. The predicted octanol–water partition coefficient (Wildman–Crippen LogP) is 1.39. The number of anilines is 2. The average molecular weight is 237 g/mol. The Labute approximate surface area is 103 Å². The van der Waals surface area contributed by atoms with E-state index in [2.05, 4.69) is 34.0 Å². The Morgan fingerprint density at radius 1 is 1.35 bits per heavy atom. The minimum atomic E-state index is 0.113. The SMILES string of the molecule is CCN(CC)c1nc(C)cc(NCC(C)N)n1. The zero-order valence-electron chi connectivity index (χ0n) is 11.2. The van der Waals surface area contributed by atoms with Crippen molar-refractivity contribution >= 4 is 11.8 Å². The Morgan fingerprint density at radius 2 is 2.00 bits per heavy atom. The van der Waals surface area contributed by atoms with Crippen molar-refractivity contribution < 1.29 is 0 Å². The van der Waals surface area contributed by atoms with Gasteiger partial charge in [0.25, 0.3) is 0 Å². The van der Waals surface area contributed by atoms with Crippen LogP contribution in [-0.4, -0.2) is 35.6 Å². The largest absolute Gasteiger partial charge is 0.368 e. The summed E-state index contributed by atoms with van der Waals surface area (Å²) in [5.74, 6) is 1.62. The number of hydrogen-bond donors (Lipinski definition) is 2. The fourth-order valence-electron chi connectivity index (χ4n) is 1.56. The summed E-state index contributed by atoms with van der Waals surface area (Å²) in [6.07, 6.45) is 0. The van der Waals surface area contributed by atoms with E-state index in [4.69, 9.17) is 5.73 Å². The standard InChI is InChI=1S/C12H23N5/c1-5-17(6-2)12-15-10(4)7-11(16-12)14-8-9(3)13/h7,9H,5-6,8,13H2,1-4H3,(H,14,15,16). The van der Waals surface area contributed by atoms with E-state index in [0.29, 0.717) is 6.54 Å². The number of aromatic nitrogens is 2. The van der Waals surface area contributed by atoms with Crippen LogP contribution in [0.3, 0.4) is 0 Å². The first kappa shape index (κ1) is 13.7. The molecule has 0 saturated carbocycles. The van der Waals surface area contributed by atoms with E-state index in [0.717, 1.165) is 30.5 Å². The van der Waals surface area contributed by atoms with E-state index in [-0.39, 0.29) is 6.04 Å². The van der Waals surface area contributed by atoms with Crippen LogP contribution < -0.4 is 16.0 Å². The lowest BCUT2D eigenvalue weighted by atomic mass is 10.3. The van der Waals surface area contributed by atoms with Crippen molar-refractivity contribution in [3.8, 4) is 0 Å². The third-order valence-electron chi connectivity index (χ3n) is 2.49. The van der Waals surface area contributed by atoms with Crippen LogP contribution in [0.4, 0.5) is 11.8 Å². The molecule has 0 spiro atoms. The predicted molar refractivity (Wildman–Crippen MR) is 72.5 cm³/mol. The Hall–Kier alpha value is -1.36. The van der Waals surface area contributed by atoms with Crippen molar-refractivity contribution in [3.05, 3.63) is 11.8 Å². The van der Waals surface area contributed by atoms with Crippen LogP contribution in [0.1, 0.15) is 26.5 Å². The van der Waals surface area contributed by atoms with Gasteiger partial charge in [0.2, 0.25) is 5.95 Å². The van der Waals surface area contributed by atoms with E-state index >= 15 is 0 Å². The molecule has 96 valence electrons. The molecule has 1 heterocycles. The molecule has 0 aromatic carbocycles. The lowest BCUT2D eigenvalue weighted by Gasteiger charge is -2.20. The van der Waals surface area contributed by atoms with Gasteiger partial charge in [-0.25, -0.2) is 4.98 Å². The van der Waals surface area contributed by atoms with Gasteiger partial charge in [-0.2, -0.15) is 4.98 Å². The lowest BCUT2D eigenvalue weighted by molar-refractivity contribution is 0.772. The van der Waals surface area contributed by atoms with E-state index in [1.165, 1.54) is 0 Å². The Bertz CT molecular complexity index is 347. The highest BCUT2D eigenvalue weighted by Crippen LogP contribution is 2.13. The molecule has 1 unspecified atom stereocenters. The Balaban J connectivity index is 2.85. The van der Waals surface area contributed by atoms with Crippen molar-refractivity contribution in [2.24, 2.45) is 5.73 Å². The minimum absolute atomic E-state index is 0.113. The van der Waals surface area contributed by atoms with Crippen LogP contribution in [0.2, 0.25) is 0 Å². The minimum Gasteiger partial charge on any atom is -0.368 e. The summed E-state index contributed by atoms with van der Waals surface area (Å²) < 4.78 is 0. The number of aryl methyl sites for hydroxylation is 1. The average Bonchev–Trinajstić information content (AvgIpc) is 2.27. The normalized spacial score (nSPS) is 12.3. The zero-order chi connectivity index (χ0) is 12.8. The van der Waals surface area contributed by atoms with Crippen LogP contribution in [0.5, 0.6) is 0 Å². The van der Waals surface area contributed by atoms with Gasteiger partial charge in [0.15, 0.2) is 0 Å². The first-order valence-corrected chi connectivity index (χ1v) is 6.16. The summed E-state index contributed by atoms with van der Waals surface area (Å²) in [6.45, 7) is 10.7. The van der Waals surface area contributed by atoms with Gasteiger partial charge in [-0.05, 0) is 27.7 Å². The Morgan fingerprint density at radius 3 is 2.53 bits per heavy atom. The number of nitrogens with one attached hydrogen (secondary N) is 1. The second kappa shape index (κ2) is 6.39. The van der Waals surface area contributed by atoms with Crippen molar-refractivity contribution in [2.45, 2.75) is 33.7 Å². The molecule has 1 rings (SSSR count). The van der Waals surface area contributed by atoms with Crippen molar-refractivity contribution in [1.82, 2.24) is 9.97 Å². The van der Waals surface area contributed by atoms with Crippen molar-refractivity contribution in [2.75, 3.05) is 29.9 Å². The monoisotopic (exact) mass is 237 g/mol. The summed E-state index contributed by atoms with van der Waals surface area (Å²) in [4.78, 5) is 11.1. The van der Waals surface area contributed by atoms with Gasteiger partial charge >= 0.3 is 0 Å². The highest BCUT2D eigenvalue weighted by atomic mass is 15.3. The van der Waals surface area contributed by atoms with Gasteiger partial charge in [-0.3, -0.25) is 0 Å². The third-order valence-corrected chi connectivity index (χ3v) is 2.49. The number of hydrogen-bond acceptors (Lipinski definition) is 5. The van der Waals surface area contributed by atoms with Gasteiger partial charge in [0.05, 0.1) is 0 Å². The fraction of sp³-hybridized carbons (Fsp3) is 0.667. The second-order valence-electron chi connectivity index (χ2n) is 4.23. The van der Waals surface area contributed by atoms with Crippen LogP contribution in [0.25, 0.3) is 0 Å². The molecule has 5 heteroatoms. The van der Waals surface area contributed by atoms with Crippen LogP contribution in [0, 0.1) is 6.92 Å². The number of rotatable bonds is 6. The lowest BCUT2D eigenvalue weighted by Crippen LogP contribution is -2.27. The molecule has 0 bridgehead atoms. The van der Waals surface area contributed by atoms with Gasteiger partial charge in [0, 0.05) is 37.4 Å². The summed E-state index contributed by atoms with van der Waals surface area (Å²) in [7, 11) is 0. The number of nitrogens with two attached hydrogens (primary N) is 1. The van der Waals surface area contributed by atoms with Crippen LogP contribution >= 0.6 is 0 Å². The highest BCUT2D eigenvalue weighted by Gasteiger charge is 2.08. The molecule has 1 aromatic rings. The second-order valence-corrected chi connectivity index (χ2v) is 4.23. The Kier molecular flexibility index (Phi) is 5.15. The van der Waals surface area contributed by atoms with E-state index < -0.39 is 0 Å². The van der Waals surface area contributed by atoms with E-state index in [1.807, 2.05) is 19.9 Å². The molecular formula is C12H23N5. The molecule has 0 radical (unpaired) electrons. The molecule has 0 aliphatic rings. The molecule has 0 amide bonds. The first-order valence-electron chi connectivity index (χ1n) is 6.16. The highest BCUT2D eigenvalue weighted by molar-refractivity contribution is 5.43. The molecule has 1 atom stereocenters. The molecule has 1 aromatic heterocycles. The van der Waals surface area contributed by atoms with E-state index in [9.17, 15) is 0 Å². The summed E-state index contributed by atoms with van der Waals surface area (Å²) in [5.41, 5.74) is 6.68. The zero-order valence-corrected chi connectivity index (χ0v) is 11.2. The van der Waals surface area contributed by atoms with Crippen molar-refractivity contribution in [3.63, 3.8) is 0 Å². The van der Waals surface area contributed by atoms with Gasteiger partial charge in [-0.1, -0.05) is 0 Å². The third kappa shape index (κ3) is 4.19. The topological polar surface area (TPSA) is 67.1 Å². The molecule has 0 aliphatic carbocycles. The molecule has 3 N–H and O–H groups in total. The molecule has 0 aliphatic heterocycles. The summed E-state index contributed by atoms with van der Waals surface area (Å²) in [5, 5.41) is 3.23. The quantitative estimate of drug-likeness (QED) is 0.782. The molecule has 5 nitrogen and oxygen atoms in total. The van der Waals surface area contributed by atoms with Crippen molar-refractivity contribution in [1.29, 1.82) is 0 Å². The number of nitrogens with zero attached hydrogens (tertiary/aromatic N) is 3. The molecular weight excluding hydrogens is 214 g/mol. The van der Waals surface area contributed by atoms with Gasteiger partial charge in [0.1, 0.15) is 5.82 Å². The first-order chi connectivity index (χ1) is 8.06.